The molecule has 0 spiro atoms. The van der Waals surface area contributed by atoms with Crippen LogP contribution in [0.1, 0.15) is 42.5 Å². The number of amides is 1. The number of ether oxygens (including phenoxy) is 1. The van der Waals surface area contributed by atoms with Crippen LogP contribution in [-0.2, 0) is 4.79 Å². The number of rotatable bonds is 9. The largest absolute Gasteiger partial charge is 0.461 e. The van der Waals surface area contributed by atoms with Gasteiger partial charge in [-0.25, -0.2) is 13.2 Å². The average molecular weight is 746 g/mol. The smallest absolute Gasteiger partial charge is 0.319 e. The number of benzene rings is 1. The van der Waals surface area contributed by atoms with Gasteiger partial charge in [0.05, 0.1) is 40.2 Å². The number of pyridine rings is 1. The Labute approximate surface area is 307 Å². The maximum absolute atomic E-state index is 16.9. The molecule has 1 aromatic carbocycles. The Kier molecular flexibility index (Phi) is 9.88. The zero-order valence-corrected chi connectivity index (χ0v) is 29.5. The minimum atomic E-state index is -1.06. The Balaban J connectivity index is 1.28. The third kappa shape index (κ3) is 6.70. The zero-order valence-electron chi connectivity index (χ0n) is 28.7. The highest BCUT2D eigenvalue weighted by molar-refractivity contribution is 6.35. The number of fused-ring (bicyclic) bond motifs is 2. The van der Waals surface area contributed by atoms with Gasteiger partial charge in [-0.1, -0.05) is 11.6 Å². The van der Waals surface area contributed by atoms with Crippen LogP contribution in [0.15, 0.2) is 36.4 Å². The molecule has 3 N–H and O–H groups in total. The van der Waals surface area contributed by atoms with Crippen molar-refractivity contribution >= 4 is 52.2 Å². The van der Waals surface area contributed by atoms with Crippen molar-refractivity contribution in [3.8, 4) is 23.3 Å². The first-order valence-electron chi connectivity index (χ1n) is 17.1. The first-order chi connectivity index (χ1) is 25.5. The summed E-state index contributed by atoms with van der Waals surface area (Å²) < 4.78 is 52.9. The lowest BCUT2D eigenvalue weighted by atomic mass is 9.95. The Morgan fingerprint density at radius 3 is 2.87 bits per heavy atom. The van der Waals surface area contributed by atoms with Gasteiger partial charge in [0.15, 0.2) is 11.6 Å². The molecule has 3 saturated heterocycles. The maximum Gasteiger partial charge on any atom is 0.319 e. The number of aryl methyl sites for hydroxylation is 1. The molecule has 3 aromatic heterocycles. The topological polar surface area (TPSA) is 174 Å². The highest BCUT2D eigenvalue weighted by Crippen LogP contribution is 2.42. The van der Waals surface area contributed by atoms with Crippen LogP contribution in [0.3, 0.4) is 0 Å². The van der Waals surface area contributed by atoms with Crippen molar-refractivity contribution in [3.05, 3.63) is 64.1 Å². The number of anilines is 2. The number of halogens is 4. The Bertz CT molecular complexity index is 2170. The molecule has 0 saturated carbocycles. The Morgan fingerprint density at radius 1 is 1.28 bits per heavy atom. The second kappa shape index (κ2) is 14.6. The summed E-state index contributed by atoms with van der Waals surface area (Å²) in [4.78, 5) is 32.0. The van der Waals surface area contributed by atoms with Gasteiger partial charge in [-0.15, -0.1) is 0 Å². The van der Waals surface area contributed by atoms with E-state index in [9.17, 15) is 14.4 Å². The first kappa shape index (κ1) is 36.0. The van der Waals surface area contributed by atoms with Crippen LogP contribution in [0.4, 0.5) is 24.7 Å². The number of nitriles is 1. The van der Waals surface area contributed by atoms with E-state index in [2.05, 4.69) is 31.1 Å². The molecular weight excluding hydrogens is 711 g/mol. The van der Waals surface area contributed by atoms with Crippen LogP contribution in [0.25, 0.3) is 28.2 Å². The molecule has 13 nitrogen and oxygen atoms in total. The molecule has 7 rings (SSSR count). The molecule has 3 fully saturated rings. The lowest BCUT2D eigenvalue weighted by molar-refractivity contribution is -0.131. The quantitative estimate of drug-likeness (QED) is 0.133. The molecule has 0 aliphatic carbocycles. The third-order valence-electron chi connectivity index (χ3n) is 10.2. The SMILES string of the molecule is Cc1cc(N)c(C=N)c(-c2ncc3c(N4CCN(C(=O)/C(F)=C/c5cccnn5)[C@@H](CC#N)C4)nc(OC[C@@]45CCCN4C[C@H](F)C5)nc3c2F)c1Cl. The predicted molar refractivity (Wildman–Crippen MR) is 192 cm³/mol. The Morgan fingerprint density at radius 2 is 2.11 bits per heavy atom. The number of nitrogen functional groups attached to an aromatic ring is 1. The number of nitrogens with one attached hydrogen (secondary N) is 1. The molecule has 1 amide bonds. The number of carbonyl (C=O) groups excluding carboxylic acids is 1. The number of carbonyl (C=O) groups is 1. The number of aromatic nitrogens is 5. The second-order valence-electron chi connectivity index (χ2n) is 13.5. The minimum Gasteiger partial charge on any atom is -0.461 e. The summed E-state index contributed by atoms with van der Waals surface area (Å²) in [7, 11) is 0. The van der Waals surface area contributed by atoms with E-state index in [4.69, 9.17) is 32.5 Å². The van der Waals surface area contributed by atoms with Gasteiger partial charge in [-0.05, 0) is 50.1 Å². The van der Waals surface area contributed by atoms with Gasteiger partial charge in [-0.3, -0.25) is 14.7 Å². The third-order valence-corrected chi connectivity index (χ3v) is 10.7. The van der Waals surface area contributed by atoms with E-state index < -0.39 is 35.3 Å². The Hall–Kier alpha value is -5.40. The lowest BCUT2D eigenvalue weighted by Crippen LogP contribution is -2.55. The van der Waals surface area contributed by atoms with E-state index in [-0.39, 0.29) is 88.6 Å². The average Bonchev–Trinajstić information content (AvgIpc) is 3.68. The van der Waals surface area contributed by atoms with E-state index >= 15 is 8.78 Å². The van der Waals surface area contributed by atoms with E-state index in [1.165, 1.54) is 23.4 Å². The van der Waals surface area contributed by atoms with Crippen LogP contribution in [-0.4, -0.2) is 104 Å². The molecule has 3 atom stereocenters. The van der Waals surface area contributed by atoms with Crippen LogP contribution >= 0.6 is 11.6 Å². The standard InChI is InChI=1S/C36H35ClF3N11O2/c1-20-12-27(43)24(15-42)28(29(20)37)32-30(40)31-25(16-44-32)33(47-35(46-31)53-19-36-6-3-9-50(36)17-21(38)14-36)49-10-11-51(23(18-49)5-7-41)34(52)26(39)13-22-4-2-8-45-48-22/h2,4,8,12-13,15-16,21,23,42H,3,5-6,9-11,14,17-19,43H2,1H3/b26-13-,42-15?/t21-,23+,36+/m1/s1. The molecule has 0 radical (unpaired) electrons. The number of alkyl halides is 1. The van der Waals surface area contributed by atoms with Crippen molar-refractivity contribution in [3.63, 3.8) is 0 Å². The number of piperazine rings is 1. The summed E-state index contributed by atoms with van der Waals surface area (Å²) >= 11 is 6.67. The predicted octanol–water partition coefficient (Wildman–Crippen LogP) is 5.06. The second-order valence-corrected chi connectivity index (χ2v) is 13.9. The van der Waals surface area contributed by atoms with Gasteiger partial charge in [-0.2, -0.15) is 25.4 Å². The molecule has 3 aliphatic rings. The summed E-state index contributed by atoms with van der Waals surface area (Å²) in [6.45, 7) is 2.99. The molecule has 274 valence electrons. The molecule has 17 heteroatoms. The van der Waals surface area contributed by atoms with Crippen molar-refractivity contribution in [2.75, 3.05) is 50.0 Å². The van der Waals surface area contributed by atoms with Gasteiger partial charge in [0.25, 0.3) is 5.91 Å². The van der Waals surface area contributed by atoms with E-state index in [0.717, 1.165) is 31.7 Å². The van der Waals surface area contributed by atoms with E-state index in [1.54, 1.807) is 24.0 Å². The molecule has 53 heavy (non-hydrogen) atoms. The number of hydrogen-bond donors (Lipinski definition) is 2. The van der Waals surface area contributed by atoms with Gasteiger partial charge in [0, 0.05) is 74.1 Å². The fourth-order valence-electron chi connectivity index (χ4n) is 7.68. The summed E-state index contributed by atoms with van der Waals surface area (Å²) in [5.41, 5.74) is 6.54. The summed E-state index contributed by atoms with van der Waals surface area (Å²) in [5, 5.41) is 25.6. The molecule has 4 aromatic rings. The van der Waals surface area contributed by atoms with Crippen molar-refractivity contribution in [1.29, 1.82) is 10.7 Å². The van der Waals surface area contributed by atoms with Gasteiger partial charge in [0.1, 0.15) is 29.8 Å². The molecule has 0 bridgehead atoms. The van der Waals surface area contributed by atoms with E-state index in [1.807, 2.05) is 0 Å². The summed E-state index contributed by atoms with van der Waals surface area (Å²) in [6.07, 6.45) is 5.55. The van der Waals surface area contributed by atoms with Crippen molar-refractivity contribution in [1.82, 2.24) is 34.9 Å². The number of nitrogens with zero attached hydrogens (tertiary/aromatic N) is 9. The zero-order chi connectivity index (χ0) is 37.4. The minimum absolute atomic E-state index is 0.000575. The molecule has 6 heterocycles. The van der Waals surface area contributed by atoms with Crippen LogP contribution in [0.5, 0.6) is 6.01 Å². The molecule has 3 aliphatic heterocycles. The van der Waals surface area contributed by atoms with Gasteiger partial charge in [0.2, 0.25) is 0 Å². The molecular formula is C36H35ClF3N11O2. The fraction of sp³-hybridized carbons (Fsp3) is 0.389. The number of nitrogens with two attached hydrogens (primary N) is 1. The van der Waals surface area contributed by atoms with Crippen LogP contribution in [0, 0.1) is 29.5 Å². The van der Waals surface area contributed by atoms with E-state index in [0.29, 0.717) is 18.5 Å². The van der Waals surface area contributed by atoms with Crippen LogP contribution in [0.2, 0.25) is 5.02 Å². The normalized spacial score (nSPS) is 21.8. The highest BCUT2D eigenvalue weighted by atomic mass is 35.5. The van der Waals surface area contributed by atoms with Crippen LogP contribution < -0.4 is 15.4 Å². The number of hydrogen-bond acceptors (Lipinski definition) is 12. The lowest BCUT2D eigenvalue weighted by Gasteiger charge is -2.41. The maximum atomic E-state index is 16.9. The summed E-state index contributed by atoms with van der Waals surface area (Å²) in [5.74, 6) is -2.63. The summed E-state index contributed by atoms with van der Waals surface area (Å²) in [6, 6.07) is 5.79. The van der Waals surface area contributed by atoms with Gasteiger partial charge >= 0.3 is 6.01 Å². The van der Waals surface area contributed by atoms with Crippen molar-refractivity contribution in [2.45, 2.75) is 50.4 Å². The fourth-order valence-corrected chi connectivity index (χ4v) is 7.93. The van der Waals surface area contributed by atoms with Crippen molar-refractivity contribution < 1.29 is 22.7 Å². The van der Waals surface area contributed by atoms with Crippen molar-refractivity contribution in [2.24, 2.45) is 0 Å². The molecule has 0 unspecified atom stereocenters. The monoisotopic (exact) mass is 745 g/mol. The highest BCUT2D eigenvalue weighted by Gasteiger charge is 2.49. The first-order valence-corrected chi connectivity index (χ1v) is 17.5. The van der Waals surface area contributed by atoms with Gasteiger partial charge < -0.3 is 25.7 Å².